The van der Waals surface area contributed by atoms with Gasteiger partial charge in [-0.2, -0.15) is 0 Å². The maximum Gasteiger partial charge on any atom is 0.310 e. The van der Waals surface area contributed by atoms with E-state index in [-0.39, 0.29) is 0 Å². The van der Waals surface area contributed by atoms with Crippen molar-refractivity contribution >= 4 is 5.97 Å². The summed E-state index contributed by atoms with van der Waals surface area (Å²) in [5.41, 5.74) is 2.41. The van der Waals surface area contributed by atoms with Gasteiger partial charge in [-0.25, -0.2) is 0 Å². The van der Waals surface area contributed by atoms with Gasteiger partial charge in [0, 0.05) is 0 Å². The third-order valence-electron chi connectivity index (χ3n) is 4.61. The topological polar surface area (TPSA) is 57.5 Å². The highest BCUT2D eigenvalue weighted by Crippen LogP contribution is 2.41. The van der Waals surface area contributed by atoms with Gasteiger partial charge in [-0.05, 0) is 42.4 Å². The molecule has 0 amide bonds. The Labute approximate surface area is 130 Å². The summed E-state index contributed by atoms with van der Waals surface area (Å²) in [6, 6.07) is 18.1. The van der Waals surface area contributed by atoms with Crippen LogP contribution in [0.5, 0.6) is 0 Å². The standard InChI is InChI=1S/C19H20O3/c20-17-9-10-19(13-17,18(21)22)12-14-5-4-8-16(11-14)15-6-2-1-3-7-15/h1-8,11,17,20H,9-10,12-13H2,(H,21,22)/t17-,19-/m1/s1. The molecule has 2 aromatic carbocycles. The molecule has 1 aliphatic rings. The SMILES string of the molecule is O=C(O)[C@@]1(Cc2cccc(-c3ccccc3)c2)CC[C@@H](O)C1. The van der Waals surface area contributed by atoms with E-state index < -0.39 is 17.5 Å². The smallest absolute Gasteiger partial charge is 0.310 e. The normalized spacial score (nSPS) is 24.3. The second-order valence-corrected chi connectivity index (χ2v) is 6.23. The molecular formula is C19H20O3. The Kier molecular flexibility index (Phi) is 3.99. The van der Waals surface area contributed by atoms with Crippen LogP contribution < -0.4 is 0 Å². The molecule has 0 aromatic heterocycles. The molecule has 2 N–H and O–H groups in total. The van der Waals surface area contributed by atoms with Crippen molar-refractivity contribution in [2.45, 2.75) is 31.8 Å². The first kappa shape index (κ1) is 14.8. The Hall–Kier alpha value is -2.13. The number of benzene rings is 2. The number of hydrogen-bond acceptors (Lipinski definition) is 2. The van der Waals surface area contributed by atoms with E-state index >= 15 is 0 Å². The van der Waals surface area contributed by atoms with E-state index in [1.54, 1.807) is 0 Å². The predicted molar refractivity (Wildman–Crippen MR) is 85.5 cm³/mol. The number of aliphatic carboxylic acids is 1. The van der Waals surface area contributed by atoms with Crippen LogP contribution in [0.25, 0.3) is 11.1 Å². The van der Waals surface area contributed by atoms with Crippen LogP contribution in [0, 0.1) is 5.41 Å². The summed E-state index contributed by atoms with van der Waals surface area (Å²) in [7, 11) is 0. The summed E-state index contributed by atoms with van der Waals surface area (Å²) in [6.45, 7) is 0. The number of carboxylic acids is 1. The highest BCUT2D eigenvalue weighted by Gasteiger charge is 2.45. The lowest BCUT2D eigenvalue weighted by atomic mass is 9.79. The van der Waals surface area contributed by atoms with Crippen LogP contribution in [0.15, 0.2) is 54.6 Å². The minimum atomic E-state index is -0.825. The Balaban J connectivity index is 1.88. The first-order valence-corrected chi connectivity index (χ1v) is 7.65. The van der Waals surface area contributed by atoms with E-state index in [1.165, 1.54) is 0 Å². The maximum atomic E-state index is 11.7. The van der Waals surface area contributed by atoms with Crippen LogP contribution in [0.1, 0.15) is 24.8 Å². The molecule has 1 fully saturated rings. The molecule has 0 unspecified atom stereocenters. The van der Waals surface area contributed by atoms with Crippen molar-refractivity contribution in [3.05, 3.63) is 60.2 Å². The molecule has 0 bridgehead atoms. The van der Waals surface area contributed by atoms with Gasteiger partial charge in [-0.1, -0.05) is 54.6 Å². The molecule has 2 aromatic rings. The van der Waals surface area contributed by atoms with Gasteiger partial charge in [-0.15, -0.1) is 0 Å². The van der Waals surface area contributed by atoms with E-state index in [1.807, 2.05) is 48.5 Å². The van der Waals surface area contributed by atoms with Crippen molar-refractivity contribution in [2.75, 3.05) is 0 Å². The number of carbonyl (C=O) groups is 1. The van der Waals surface area contributed by atoms with Crippen molar-refractivity contribution in [1.82, 2.24) is 0 Å². The van der Waals surface area contributed by atoms with E-state index in [9.17, 15) is 15.0 Å². The summed E-state index contributed by atoms with van der Waals surface area (Å²) in [4.78, 5) is 11.7. The van der Waals surface area contributed by atoms with E-state index in [0.29, 0.717) is 25.7 Å². The van der Waals surface area contributed by atoms with Crippen LogP contribution in [0.4, 0.5) is 0 Å². The monoisotopic (exact) mass is 296 g/mol. The summed E-state index contributed by atoms with van der Waals surface area (Å²) >= 11 is 0. The van der Waals surface area contributed by atoms with Crippen LogP contribution in [-0.4, -0.2) is 22.3 Å². The van der Waals surface area contributed by atoms with Gasteiger partial charge in [0.05, 0.1) is 11.5 Å². The lowest BCUT2D eigenvalue weighted by molar-refractivity contribution is -0.149. The second-order valence-electron chi connectivity index (χ2n) is 6.23. The highest BCUT2D eigenvalue weighted by molar-refractivity contribution is 5.76. The van der Waals surface area contributed by atoms with Gasteiger partial charge < -0.3 is 10.2 Å². The quantitative estimate of drug-likeness (QED) is 0.907. The molecule has 1 saturated carbocycles. The molecule has 3 rings (SSSR count). The predicted octanol–water partition coefficient (Wildman–Crippen LogP) is 3.51. The molecule has 0 radical (unpaired) electrons. The average molecular weight is 296 g/mol. The number of aliphatic hydroxyl groups is 1. The lowest BCUT2D eigenvalue weighted by Crippen LogP contribution is -2.31. The second kappa shape index (κ2) is 5.93. The Morgan fingerprint density at radius 3 is 2.45 bits per heavy atom. The molecule has 2 atom stereocenters. The molecule has 114 valence electrons. The zero-order chi connectivity index (χ0) is 15.6. The van der Waals surface area contributed by atoms with Crippen LogP contribution >= 0.6 is 0 Å². The van der Waals surface area contributed by atoms with Gasteiger partial charge in [0.25, 0.3) is 0 Å². The summed E-state index contributed by atoms with van der Waals surface area (Å²) in [5.74, 6) is -0.797. The third kappa shape index (κ3) is 2.90. The minimum Gasteiger partial charge on any atom is -0.481 e. The van der Waals surface area contributed by atoms with Crippen molar-refractivity contribution < 1.29 is 15.0 Å². The van der Waals surface area contributed by atoms with Crippen LogP contribution in [0.3, 0.4) is 0 Å². The largest absolute Gasteiger partial charge is 0.481 e. The summed E-state index contributed by atoms with van der Waals surface area (Å²) in [6.07, 6.45) is 1.44. The van der Waals surface area contributed by atoms with Gasteiger partial charge in [-0.3, -0.25) is 4.79 Å². The minimum absolute atomic E-state index is 0.345. The molecule has 0 heterocycles. The van der Waals surface area contributed by atoms with Gasteiger partial charge in [0.15, 0.2) is 0 Å². The molecule has 0 aliphatic heterocycles. The zero-order valence-corrected chi connectivity index (χ0v) is 12.4. The van der Waals surface area contributed by atoms with Crippen molar-refractivity contribution in [3.8, 4) is 11.1 Å². The van der Waals surface area contributed by atoms with Crippen molar-refractivity contribution in [1.29, 1.82) is 0 Å². The fourth-order valence-electron chi connectivity index (χ4n) is 3.41. The molecule has 1 aliphatic carbocycles. The Morgan fingerprint density at radius 2 is 1.82 bits per heavy atom. The number of hydrogen-bond donors (Lipinski definition) is 2. The fraction of sp³-hybridized carbons (Fsp3) is 0.316. The zero-order valence-electron chi connectivity index (χ0n) is 12.4. The first-order valence-electron chi connectivity index (χ1n) is 7.65. The van der Waals surface area contributed by atoms with Crippen LogP contribution in [-0.2, 0) is 11.2 Å². The van der Waals surface area contributed by atoms with Crippen molar-refractivity contribution in [3.63, 3.8) is 0 Å². The molecule has 22 heavy (non-hydrogen) atoms. The number of rotatable bonds is 4. The Morgan fingerprint density at radius 1 is 1.09 bits per heavy atom. The maximum absolute atomic E-state index is 11.7. The molecular weight excluding hydrogens is 276 g/mol. The number of aliphatic hydroxyl groups excluding tert-OH is 1. The van der Waals surface area contributed by atoms with Crippen molar-refractivity contribution in [2.24, 2.45) is 5.41 Å². The van der Waals surface area contributed by atoms with Gasteiger partial charge in [0.1, 0.15) is 0 Å². The number of carboxylic acid groups (broad SMARTS) is 1. The van der Waals surface area contributed by atoms with E-state index in [4.69, 9.17) is 0 Å². The van der Waals surface area contributed by atoms with Gasteiger partial charge >= 0.3 is 5.97 Å². The first-order chi connectivity index (χ1) is 10.6. The van der Waals surface area contributed by atoms with E-state index in [0.717, 1.165) is 16.7 Å². The molecule has 3 heteroatoms. The fourth-order valence-corrected chi connectivity index (χ4v) is 3.41. The van der Waals surface area contributed by atoms with Gasteiger partial charge in [0.2, 0.25) is 0 Å². The summed E-state index contributed by atoms with van der Waals surface area (Å²) in [5, 5.41) is 19.4. The molecule has 0 saturated heterocycles. The average Bonchev–Trinajstić information content (AvgIpc) is 2.91. The molecule has 0 spiro atoms. The highest BCUT2D eigenvalue weighted by atomic mass is 16.4. The third-order valence-corrected chi connectivity index (χ3v) is 4.61. The van der Waals surface area contributed by atoms with E-state index in [2.05, 4.69) is 6.07 Å². The Bertz CT molecular complexity index is 665. The molecule has 3 nitrogen and oxygen atoms in total. The summed E-state index contributed by atoms with van der Waals surface area (Å²) < 4.78 is 0. The van der Waals surface area contributed by atoms with Crippen LogP contribution in [0.2, 0.25) is 0 Å². The lowest BCUT2D eigenvalue weighted by Gasteiger charge is -2.24.